The summed E-state index contributed by atoms with van der Waals surface area (Å²) < 4.78 is 1.70. The van der Waals surface area contributed by atoms with Crippen LogP contribution in [0, 0.1) is 6.92 Å². The second-order valence-corrected chi connectivity index (χ2v) is 11.1. The Kier molecular flexibility index (Phi) is 6.92. The van der Waals surface area contributed by atoms with E-state index in [-0.39, 0.29) is 11.0 Å². The minimum atomic E-state index is -0.184. The molecule has 6 nitrogen and oxygen atoms in total. The molecule has 1 saturated carbocycles. The van der Waals surface area contributed by atoms with E-state index in [1.54, 1.807) is 4.57 Å². The molecule has 1 heterocycles. The summed E-state index contributed by atoms with van der Waals surface area (Å²) in [6.45, 7) is 2.63. The van der Waals surface area contributed by atoms with Crippen LogP contribution < -0.4 is 21.7 Å². The number of nitrogens with zero attached hydrogens (tertiary/aromatic N) is 2. The fraction of sp³-hybridized carbons (Fsp3) is 0.281. The highest BCUT2D eigenvalue weighted by atomic mass is 32.1. The van der Waals surface area contributed by atoms with Crippen LogP contribution in [0.15, 0.2) is 83.7 Å². The van der Waals surface area contributed by atoms with E-state index in [0.29, 0.717) is 17.6 Å². The molecule has 198 valence electrons. The first-order chi connectivity index (χ1) is 19.0. The van der Waals surface area contributed by atoms with Crippen molar-refractivity contribution in [3.05, 3.63) is 111 Å². The Morgan fingerprint density at radius 3 is 2.44 bits per heavy atom. The summed E-state index contributed by atoms with van der Waals surface area (Å²) in [6, 6.07) is 26.5. The number of thiocarbonyl (C=S) groups is 1. The minimum Gasteiger partial charge on any atom is -0.357 e. The maximum atomic E-state index is 14.6. The molecule has 6 rings (SSSR count). The molecule has 2 aliphatic rings. The van der Waals surface area contributed by atoms with Crippen molar-refractivity contribution in [3.63, 3.8) is 0 Å². The van der Waals surface area contributed by atoms with Gasteiger partial charge in [-0.25, -0.2) is 9.55 Å². The van der Waals surface area contributed by atoms with Gasteiger partial charge >= 0.3 is 0 Å². The lowest BCUT2D eigenvalue weighted by Crippen LogP contribution is -2.44. The van der Waals surface area contributed by atoms with Crippen LogP contribution in [-0.4, -0.2) is 14.7 Å². The van der Waals surface area contributed by atoms with Gasteiger partial charge < -0.3 is 5.32 Å². The Morgan fingerprint density at radius 2 is 1.67 bits per heavy atom. The summed E-state index contributed by atoms with van der Waals surface area (Å²) in [4.78, 5) is 19.7. The molecule has 0 radical (unpaired) electrons. The van der Waals surface area contributed by atoms with Crippen LogP contribution in [0.5, 0.6) is 0 Å². The van der Waals surface area contributed by atoms with Gasteiger partial charge in [0.15, 0.2) is 5.11 Å². The van der Waals surface area contributed by atoms with Crippen molar-refractivity contribution >= 4 is 23.3 Å². The summed E-state index contributed by atoms with van der Waals surface area (Å²) in [6.07, 6.45) is 6.40. The molecule has 2 aliphatic carbocycles. The smallest absolute Gasteiger partial charge is 0.263 e. The van der Waals surface area contributed by atoms with Crippen molar-refractivity contribution in [1.29, 1.82) is 0 Å². The van der Waals surface area contributed by atoms with Crippen molar-refractivity contribution in [2.75, 3.05) is 5.43 Å². The highest BCUT2D eigenvalue weighted by Gasteiger charge is 2.43. The average molecular weight is 536 g/mol. The molecule has 1 fully saturated rings. The highest BCUT2D eigenvalue weighted by Crippen LogP contribution is 2.48. The molecule has 0 unspecified atom stereocenters. The molecule has 1 aromatic heterocycles. The molecule has 39 heavy (non-hydrogen) atoms. The first-order valence-electron chi connectivity index (χ1n) is 13.7. The van der Waals surface area contributed by atoms with Crippen LogP contribution in [0.1, 0.15) is 54.4 Å². The molecule has 0 aliphatic heterocycles. The van der Waals surface area contributed by atoms with Crippen molar-refractivity contribution < 1.29 is 0 Å². The predicted molar refractivity (Wildman–Crippen MR) is 161 cm³/mol. The number of hydrogen-bond donors (Lipinski definition) is 3. The summed E-state index contributed by atoms with van der Waals surface area (Å²) in [5, 5.41) is 3.64. The van der Waals surface area contributed by atoms with Crippen molar-refractivity contribution in [2.45, 2.75) is 57.4 Å². The highest BCUT2D eigenvalue weighted by molar-refractivity contribution is 7.80. The van der Waals surface area contributed by atoms with Gasteiger partial charge in [-0.3, -0.25) is 15.6 Å². The van der Waals surface area contributed by atoms with E-state index < -0.39 is 0 Å². The summed E-state index contributed by atoms with van der Waals surface area (Å²) >= 11 is 5.54. The number of fused-ring (bicyclic) bond motifs is 4. The van der Waals surface area contributed by atoms with E-state index in [1.165, 1.54) is 12.0 Å². The van der Waals surface area contributed by atoms with E-state index in [9.17, 15) is 4.79 Å². The second kappa shape index (κ2) is 10.7. The summed E-state index contributed by atoms with van der Waals surface area (Å²) in [7, 11) is 0. The van der Waals surface area contributed by atoms with Gasteiger partial charge in [0.05, 0.1) is 16.9 Å². The topological polar surface area (TPSA) is 71.0 Å². The van der Waals surface area contributed by atoms with Crippen molar-refractivity contribution in [2.24, 2.45) is 0 Å². The first-order valence-corrected chi connectivity index (χ1v) is 14.1. The van der Waals surface area contributed by atoms with Crippen LogP contribution in [0.3, 0.4) is 0 Å². The fourth-order valence-corrected chi connectivity index (χ4v) is 6.28. The standard InChI is InChI=1S/C32H33N5OS/c1-22-14-16-25(17-15-22)37-29(38)27-28(26-13-7-6-12-24(26)20-32(27)18-8-3-9-19-32)34-30(37)35-36-31(39)33-21-23-10-4-2-5-11-23/h2,4-7,10-17H,3,8-9,18-21H2,1H3,(H,34,35)(H2,33,36,39). The summed E-state index contributed by atoms with van der Waals surface area (Å²) in [5.41, 5.74) is 13.1. The molecule has 3 aromatic carbocycles. The first kappa shape index (κ1) is 25.3. The minimum absolute atomic E-state index is 0.00674. The zero-order valence-electron chi connectivity index (χ0n) is 22.2. The van der Waals surface area contributed by atoms with E-state index in [1.807, 2.05) is 67.6 Å². The molecule has 0 bridgehead atoms. The van der Waals surface area contributed by atoms with Gasteiger partial charge in [-0.05, 0) is 61.7 Å². The maximum Gasteiger partial charge on any atom is 0.263 e. The molecule has 7 heteroatoms. The predicted octanol–water partition coefficient (Wildman–Crippen LogP) is 5.96. The molecule has 0 atom stereocenters. The lowest BCUT2D eigenvalue weighted by molar-refractivity contribution is 0.284. The van der Waals surface area contributed by atoms with Gasteiger partial charge in [0.1, 0.15) is 0 Å². The Morgan fingerprint density at radius 1 is 0.949 bits per heavy atom. The Hall–Kier alpha value is -3.97. The van der Waals surface area contributed by atoms with Crippen LogP contribution in [-0.2, 0) is 18.4 Å². The number of aryl methyl sites for hydroxylation is 1. The lowest BCUT2D eigenvalue weighted by Gasteiger charge is -2.42. The molecule has 1 spiro atoms. The van der Waals surface area contributed by atoms with Gasteiger partial charge in [0.25, 0.3) is 5.56 Å². The van der Waals surface area contributed by atoms with Crippen molar-refractivity contribution in [3.8, 4) is 16.9 Å². The number of hydrazine groups is 1. The van der Waals surface area contributed by atoms with Gasteiger partial charge in [-0.1, -0.05) is 91.6 Å². The van der Waals surface area contributed by atoms with Gasteiger partial charge in [-0.15, -0.1) is 0 Å². The van der Waals surface area contributed by atoms with Crippen LogP contribution in [0.25, 0.3) is 16.9 Å². The molecular formula is C32H33N5OS. The Bertz CT molecular complexity index is 1560. The molecule has 4 aromatic rings. The number of aromatic nitrogens is 2. The number of nitrogens with one attached hydrogen (secondary N) is 3. The largest absolute Gasteiger partial charge is 0.357 e. The second-order valence-electron chi connectivity index (χ2n) is 10.7. The quantitative estimate of drug-likeness (QED) is 0.217. The van der Waals surface area contributed by atoms with Gasteiger partial charge in [-0.2, -0.15) is 0 Å². The van der Waals surface area contributed by atoms with E-state index in [0.717, 1.165) is 65.7 Å². The molecule has 0 saturated heterocycles. The van der Waals surface area contributed by atoms with Crippen LogP contribution in [0.4, 0.5) is 5.95 Å². The maximum absolute atomic E-state index is 14.6. The number of anilines is 1. The van der Waals surface area contributed by atoms with Crippen LogP contribution in [0.2, 0.25) is 0 Å². The third-order valence-electron chi connectivity index (χ3n) is 8.10. The zero-order chi connectivity index (χ0) is 26.8. The fourth-order valence-electron chi connectivity index (χ4n) is 6.16. The third kappa shape index (κ3) is 4.94. The molecule has 3 N–H and O–H groups in total. The lowest BCUT2D eigenvalue weighted by atomic mass is 9.62. The van der Waals surface area contributed by atoms with E-state index in [4.69, 9.17) is 17.2 Å². The molecular weight excluding hydrogens is 502 g/mol. The van der Waals surface area contributed by atoms with Gasteiger partial charge in [0, 0.05) is 17.5 Å². The monoisotopic (exact) mass is 535 g/mol. The number of hydrogen-bond acceptors (Lipinski definition) is 4. The Balaban J connectivity index is 1.43. The van der Waals surface area contributed by atoms with E-state index >= 15 is 0 Å². The Labute approximate surface area is 234 Å². The zero-order valence-corrected chi connectivity index (χ0v) is 23.0. The normalized spacial score (nSPS) is 15.2. The number of rotatable bonds is 5. The third-order valence-corrected chi connectivity index (χ3v) is 8.35. The van der Waals surface area contributed by atoms with Crippen molar-refractivity contribution in [1.82, 2.24) is 20.3 Å². The van der Waals surface area contributed by atoms with Crippen LogP contribution >= 0.6 is 12.2 Å². The summed E-state index contributed by atoms with van der Waals surface area (Å²) in [5.74, 6) is 0.411. The van der Waals surface area contributed by atoms with E-state index in [2.05, 4.69) is 34.4 Å². The molecule has 0 amide bonds. The van der Waals surface area contributed by atoms with Gasteiger partial charge in [0.2, 0.25) is 5.95 Å². The SMILES string of the molecule is Cc1ccc(-n2c(NNC(=S)NCc3ccccc3)nc3c(c2=O)C2(CCCCC2)Cc2ccccc2-3)cc1. The average Bonchev–Trinajstić information content (AvgIpc) is 2.96. The number of benzene rings is 3.